The highest BCUT2D eigenvalue weighted by Crippen LogP contribution is 2.32. The standard InChI is InChI=1S/C14H15Cl3N4O4S.C14H15Cl2N5O6S/c1-25-13(22)11(2-4-21-5-3-19-14(21)17)20-26(23,24)8-6-9(15)12(18)10(16)7-8;1-27-13(22)11(2-4-20-5-3-18-14(20)21(23)24)19-28(25,26)8-6-9(15)12(17)10(16)7-8/h3,5-7,11,20H,2,4,18H2,1H3;3,5-7,11,19H,2,4,17H2,1H3. The molecule has 0 aliphatic rings. The molecule has 2 atom stereocenters. The maximum atomic E-state index is 12.6. The highest BCUT2D eigenvalue weighted by atomic mass is 35.5. The molecule has 6 N–H and O–H groups in total. The van der Waals surface area contributed by atoms with Crippen molar-refractivity contribution in [3.63, 3.8) is 0 Å². The number of anilines is 2. The number of nitro groups is 1. The third-order valence-corrected chi connectivity index (χ3v) is 11.6. The summed E-state index contributed by atoms with van der Waals surface area (Å²) >= 11 is 29.3. The molecule has 4 rings (SSSR count). The first-order chi connectivity index (χ1) is 25.2. The van der Waals surface area contributed by atoms with Crippen LogP contribution in [0.5, 0.6) is 0 Å². The van der Waals surface area contributed by atoms with Crippen molar-refractivity contribution in [1.82, 2.24) is 28.5 Å². The van der Waals surface area contributed by atoms with E-state index in [1.807, 2.05) is 0 Å². The fourth-order valence-electron chi connectivity index (χ4n) is 4.34. The normalized spacial score (nSPS) is 12.6. The molecule has 0 aliphatic heterocycles. The van der Waals surface area contributed by atoms with Crippen LogP contribution in [0.1, 0.15) is 12.8 Å². The molecule has 2 aromatic carbocycles. The Bertz CT molecular complexity index is 2190. The average Bonchev–Trinajstić information content (AvgIpc) is 3.77. The Balaban J connectivity index is 0.000000291. The number of carbonyl (C=O) groups excluding carboxylic acids is 2. The lowest BCUT2D eigenvalue weighted by molar-refractivity contribution is -0.396. The van der Waals surface area contributed by atoms with Gasteiger partial charge < -0.3 is 35.6 Å². The monoisotopic (exact) mass is 891 g/mol. The van der Waals surface area contributed by atoms with Crippen molar-refractivity contribution in [3.8, 4) is 0 Å². The van der Waals surface area contributed by atoms with Crippen molar-refractivity contribution in [1.29, 1.82) is 0 Å². The number of nitrogens with one attached hydrogen (secondary N) is 2. The number of sulfonamides is 2. The van der Waals surface area contributed by atoms with Crippen LogP contribution in [0, 0.1) is 10.1 Å². The molecule has 26 heteroatoms. The maximum absolute atomic E-state index is 12.6. The number of methoxy groups -OCH3 is 2. The second-order valence-corrected chi connectivity index (χ2v) is 16.0. The van der Waals surface area contributed by atoms with Gasteiger partial charge in [-0.25, -0.2) is 26.4 Å². The number of aryl methyl sites for hydroxylation is 2. The molecular weight excluding hydrogens is 864 g/mol. The zero-order valence-corrected chi connectivity index (χ0v) is 33.2. The van der Waals surface area contributed by atoms with Crippen molar-refractivity contribution in [2.75, 3.05) is 25.7 Å². The number of nitrogens with two attached hydrogens (primary N) is 2. The SMILES string of the molecule is COC(=O)C(CCn1ccnc1Cl)NS(=O)(=O)c1cc(Cl)c(N)c(Cl)c1.COC(=O)C(CCn1ccnc1[N+](=O)[O-])NS(=O)(=O)c1cc(Cl)c(N)c(Cl)c1. The first-order valence-corrected chi connectivity index (χ1v) is 19.6. The first kappa shape index (κ1) is 44.5. The number of ether oxygens (including phenoxy) is 2. The minimum atomic E-state index is -4.23. The van der Waals surface area contributed by atoms with E-state index in [1.54, 1.807) is 10.8 Å². The third-order valence-electron chi connectivity index (χ3n) is 7.13. The lowest BCUT2D eigenvalue weighted by atomic mass is 10.2. The quantitative estimate of drug-likeness (QED) is 0.0570. The van der Waals surface area contributed by atoms with Gasteiger partial charge in [-0.2, -0.15) is 9.44 Å². The highest BCUT2D eigenvalue weighted by molar-refractivity contribution is 7.89. The molecule has 2 unspecified atom stereocenters. The van der Waals surface area contributed by atoms with Crippen LogP contribution in [0.2, 0.25) is 25.4 Å². The summed E-state index contributed by atoms with van der Waals surface area (Å²) < 4.78 is 66.9. The van der Waals surface area contributed by atoms with Crippen LogP contribution in [0.25, 0.3) is 0 Å². The Hall–Kier alpha value is -3.93. The Morgan fingerprint density at radius 1 is 0.759 bits per heavy atom. The lowest BCUT2D eigenvalue weighted by Gasteiger charge is -2.17. The van der Waals surface area contributed by atoms with E-state index in [2.05, 4.69) is 28.9 Å². The molecule has 4 aromatic rings. The minimum Gasteiger partial charge on any atom is -0.468 e. The van der Waals surface area contributed by atoms with Crippen LogP contribution in [-0.4, -0.2) is 79.1 Å². The Labute approximate surface area is 333 Å². The predicted molar refractivity (Wildman–Crippen MR) is 199 cm³/mol. The Morgan fingerprint density at radius 3 is 1.48 bits per heavy atom. The van der Waals surface area contributed by atoms with E-state index in [0.29, 0.717) is 0 Å². The summed E-state index contributed by atoms with van der Waals surface area (Å²) in [5, 5.41) is 10.9. The number of esters is 2. The van der Waals surface area contributed by atoms with E-state index >= 15 is 0 Å². The molecule has 0 aliphatic carbocycles. The molecule has 0 saturated carbocycles. The third kappa shape index (κ3) is 11.5. The smallest absolute Gasteiger partial charge is 0.434 e. The van der Waals surface area contributed by atoms with Gasteiger partial charge in [0.2, 0.25) is 25.3 Å². The second-order valence-electron chi connectivity index (χ2n) is 10.6. The number of benzene rings is 2. The van der Waals surface area contributed by atoms with Crippen LogP contribution < -0.4 is 20.9 Å². The number of hydrogen-bond acceptors (Lipinski definition) is 14. The van der Waals surface area contributed by atoms with E-state index < -0.39 is 54.9 Å². The summed E-state index contributed by atoms with van der Waals surface area (Å²) in [6, 6.07) is 1.98. The van der Waals surface area contributed by atoms with Gasteiger partial charge in [-0.15, -0.1) is 0 Å². The van der Waals surface area contributed by atoms with E-state index in [0.717, 1.165) is 38.5 Å². The van der Waals surface area contributed by atoms with Crippen molar-refractivity contribution < 1.29 is 40.8 Å². The average molecular weight is 894 g/mol. The molecule has 0 radical (unpaired) electrons. The highest BCUT2D eigenvalue weighted by Gasteiger charge is 2.30. The van der Waals surface area contributed by atoms with Crippen LogP contribution in [-0.2, 0) is 52.2 Å². The van der Waals surface area contributed by atoms with Gasteiger partial charge >= 0.3 is 17.9 Å². The van der Waals surface area contributed by atoms with Gasteiger partial charge in [0.15, 0.2) is 0 Å². The van der Waals surface area contributed by atoms with Crippen molar-refractivity contribution in [3.05, 3.63) is 84.5 Å². The number of aromatic nitrogens is 4. The number of halogens is 5. The molecule has 54 heavy (non-hydrogen) atoms. The van der Waals surface area contributed by atoms with Crippen LogP contribution in [0.4, 0.5) is 17.3 Å². The number of nitrogen functional groups attached to an aromatic ring is 2. The fraction of sp³-hybridized carbons (Fsp3) is 0.286. The van der Waals surface area contributed by atoms with Gasteiger partial charge in [0.25, 0.3) is 0 Å². The molecule has 2 aromatic heterocycles. The zero-order chi connectivity index (χ0) is 40.5. The first-order valence-electron chi connectivity index (χ1n) is 14.7. The Kier molecular flexibility index (Phi) is 15.7. The van der Waals surface area contributed by atoms with Gasteiger partial charge in [0.1, 0.15) is 24.5 Å². The van der Waals surface area contributed by atoms with Gasteiger partial charge in [0, 0.05) is 25.4 Å². The summed E-state index contributed by atoms with van der Waals surface area (Å²) in [4.78, 5) is 41.1. The molecule has 0 spiro atoms. The maximum Gasteiger partial charge on any atom is 0.434 e. The predicted octanol–water partition coefficient (Wildman–Crippen LogP) is 3.93. The van der Waals surface area contributed by atoms with Gasteiger partial charge in [-0.3, -0.25) is 9.59 Å². The molecule has 0 saturated heterocycles. The van der Waals surface area contributed by atoms with Gasteiger partial charge in [0.05, 0.1) is 62.0 Å². The number of hydrogen-bond donors (Lipinski definition) is 4. The molecular formula is C28H30Cl5N9O10S2. The van der Waals surface area contributed by atoms with E-state index in [-0.39, 0.29) is 72.5 Å². The molecule has 19 nitrogen and oxygen atoms in total. The van der Waals surface area contributed by atoms with Crippen LogP contribution in [0.3, 0.4) is 0 Å². The van der Waals surface area contributed by atoms with E-state index in [9.17, 15) is 36.5 Å². The van der Waals surface area contributed by atoms with Gasteiger partial charge in [-0.1, -0.05) is 51.4 Å². The largest absolute Gasteiger partial charge is 0.468 e. The number of imidazole rings is 2. The minimum absolute atomic E-state index is 0.0132. The summed E-state index contributed by atoms with van der Waals surface area (Å²) in [7, 11) is -6.10. The molecule has 0 fully saturated rings. The second kappa shape index (κ2) is 19.1. The van der Waals surface area contributed by atoms with Crippen molar-refractivity contribution in [2.45, 2.75) is 47.8 Å². The number of nitrogens with zero attached hydrogens (tertiary/aromatic N) is 5. The topological polar surface area (TPSA) is 276 Å². The number of rotatable bonds is 15. The van der Waals surface area contributed by atoms with Crippen molar-refractivity contribution in [2.24, 2.45) is 0 Å². The Morgan fingerprint density at radius 2 is 1.13 bits per heavy atom. The molecule has 294 valence electrons. The van der Waals surface area contributed by atoms with Crippen molar-refractivity contribution >= 4 is 107 Å². The summed E-state index contributed by atoms with van der Waals surface area (Å²) in [6.45, 7) is 0.173. The number of carbonyl (C=O) groups is 2. The summed E-state index contributed by atoms with van der Waals surface area (Å²) in [6.07, 6.45) is 5.58. The van der Waals surface area contributed by atoms with E-state index in [4.69, 9.17) is 69.5 Å². The van der Waals surface area contributed by atoms with Crippen LogP contribution in [0.15, 0.2) is 58.8 Å². The van der Waals surface area contributed by atoms with Gasteiger partial charge in [-0.05, 0) is 47.2 Å². The summed E-state index contributed by atoms with van der Waals surface area (Å²) in [5.74, 6) is -2.07. The molecule has 0 bridgehead atoms. The van der Waals surface area contributed by atoms with Crippen LogP contribution >= 0.6 is 58.0 Å². The molecule has 0 amide bonds. The molecule has 2 heterocycles. The lowest BCUT2D eigenvalue weighted by Crippen LogP contribution is -2.42. The van der Waals surface area contributed by atoms with E-state index in [1.165, 1.54) is 23.2 Å². The fourth-order valence-corrected chi connectivity index (χ4v) is 8.31. The summed E-state index contributed by atoms with van der Waals surface area (Å²) in [5.41, 5.74) is 11.3. The zero-order valence-electron chi connectivity index (χ0n) is 27.8.